The number of ether oxygens (including phenoxy) is 1. The molecule has 2 amide bonds. The molecule has 208 valence electrons. The van der Waals surface area contributed by atoms with Crippen molar-refractivity contribution in [2.75, 3.05) is 51.0 Å². The van der Waals surface area contributed by atoms with Crippen molar-refractivity contribution in [1.82, 2.24) is 25.2 Å². The van der Waals surface area contributed by atoms with Crippen LogP contribution < -0.4 is 20.7 Å². The van der Waals surface area contributed by atoms with E-state index in [9.17, 15) is 4.79 Å². The number of carbonyl (C=O) groups is 1. The van der Waals surface area contributed by atoms with Gasteiger partial charge in [-0.2, -0.15) is 0 Å². The molecular formula is C29H34N8O2S. The number of imidazole rings is 1. The van der Waals surface area contributed by atoms with E-state index in [1.807, 2.05) is 60.7 Å². The first-order chi connectivity index (χ1) is 19.5. The number of urea groups is 1. The van der Waals surface area contributed by atoms with Gasteiger partial charge in [0.05, 0.1) is 18.8 Å². The number of rotatable bonds is 11. The summed E-state index contributed by atoms with van der Waals surface area (Å²) < 4.78 is 5.85. The zero-order valence-electron chi connectivity index (χ0n) is 22.7. The van der Waals surface area contributed by atoms with Crippen molar-refractivity contribution >= 4 is 45.5 Å². The predicted molar refractivity (Wildman–Crippen MR) is 163 cm³/mol. The van der Waals surface area contributed by atoms with E-state index >= 15 is 0 Å². The monoisotopic (exact) mass is 558 g/mol. The van der Waals surface area contributed by atoms with Gasteiger partial charge in [-0.1, -0.05) is 30.0 Å². The minimum absolute atomic E-state index is 0.285. The maximum atomic E-state index is 12.2. The van der Waals surface area contributed by atoms with E-state index in [0.29, 0.717) is 18.3 Å². The Labute approximate surface area is 238 Å². The molecule has 0 fully saturated rings. The molecule has 0 aliphatic carbocycles. The summed E-state index contributed by atoms with van der Waals surface area (Å²) in [5, 5.41) is 10.1. The zero-order valence-corrected chi connectivity index (χ0v) is 23.5. The number of amides is 2. The van der Waals surface area contributed by atoms with Crippen LogP contribution in [0.1, 0.15) is 12.8 Å². The standard InChI is InChI=1S/C29H34N8O2S/c1-37(2)17-6-18-39-22-11-9-20(10-12-22)26-34-25-24(14-16-31-27(25)35-26)30-15-13-23-19-32-29(40-23)36-28(38)33-21-7-4-3-5-8-21/h3-5,7-12,14,16,23H,6,13,15,17-19H2,1-2H3,(H2,30,31,34,35)(H2,32,33,36,38). The molecule has 0 bridgehead atoms. The number of hydrogen-bond donors (Lipinski definition) is 4. The van der Waals surface area contributed by atoms with Crippen molar-refractivity contribution in [2.45, 2.75) is 18.1 Å². The summed E-state index contributed by atoms with van der Waals surface area (Å²) in [5.41, 5.74) is 4.18. The Bertz CT molecular complexity index is 1440. The maximum Gasteiger partial charge on any atom is 0.325 e. The minimum Gasteiger partial charge on any atom is -0.494 e. The summed E-state index contributed by atoms with van der Waals surface area (Å²) in [5.74, 6) is 1.61. The van der Waals surface area contributed by atoms with Crippen molar-refractivity contribution < 1.29 is 9.53 Å². The normalized spacial score (nSPS) is 14.8. The third kappa shape index (κ3) is 7.51. The molecule has 4 N–H and O–H groups in total. The van der Waals surface area contributed by atoms with E-state index in [2.05, 4.69) is 49.9 Å². The van der Waals surface area contributed by atoms with E-state index in [-0.39, 0.29) is 11.3 Å². The number of aliphatic imine (C=N–C) groups is 1. The number of aromatic nitrogens is 3. The summed E-state index contributed by atoms with van der Waals surface area (Å²) >= 11 is 1.59. The number of thioether (sulfide) groups is 1. The molecule has 5 rings (SSSR count). The number of para-hydroxylation sites is 1. The highest BCUT2D eigenvalue weighted by molar-refractivity contribution is 8.14. The van der Waals surface area contributed by atoms with Crippen LogP contribution in [0.15, 0.2) is 71.9 Å². The van der Waals surface area contributed by atoms with E-state index in [0.717, 1.165) is 65.6 Å². The number of benzene rings is 2. The van der Waals surface area contributed by atoms with Crippen molar-refractivity contribution in [3.8, 4) is 17.1 Å². The van der Waals surface area contributed by atoms with E-state index in [1.54, 1.807) is 18.0 Å². The largest absolute Gasteiger partial charge is 0.494 e. The summed E-state index contributed by atoms with van der Waals surface area (Å²) in [7, 11) is 4.12. The molecule has 11 heteroatoms. The SMILES string of the molecule is CN(C)CCCOc1ccc(-c2nc3c(NCCC4CN=C(NC(=O)Nc5ccccc5)S4)ccnc3[nH]2)cc1. The Hall–Kier alpha value is -4.09. The quantitative estimate of drug-likeness (QED) is 0.190. The van der Waals surface area contributed by atoms with Gasteiger partial charge in [-0.05, 0) is 69.4 Å². The fourth-order valence-electron chi connectivity index (χ4n) is 4.25. The van der Waals surface area contributed by atoms with Gasteiger partial charge in [0.15, 0.2) is 10.8 Å². The lowest BCUT2D eigenvalue weighted by molar-refractivity contribution is 0.256. The summed E-state index contributed by atoms with van der Waals surface area (Å²) in [6.45, 7) is 3.10. The Morgan fingerprint density at radius 2 is 1.93 bits per heavy atom. The fraction of sp³-hybridized carbons (Fsp3) is 0.310. The van der Waals surface area contributed by atoms with E-state index in [4.69, 9.17) is 9.72 Å². The predicted octanol–water partition coefficient (Wildman–Crippen LogP) is 5.05. The van der Waals surface area contributed by atoms with Gasteiger partial charge in [-0.3, -0.25) is 10.3 Å². The topological polar surface area (TPSA) is 120 Å². The van der Waals surface area contributed by atoms with Crippen LogP contribution in [0.4, 0.5) is 16.2 Å². The first-order valence-electron chi connectivity index (χ1n) is 13.3. The molecule has 3 heterocycles. The molecule has 1 aliphatic rings. The van der Waals surface area contributed by atoms with Gasteiger partial charge in [-0.15, -0.1) is 0 Å². The highest BCUT2D eigenvalue weighted by atomic mass is 32.2. The number of fused-ring (bicyclic) bond motifs is 1. The lowest BCUT2D eigenvalue weighted by Crippen LogP contribution is -2.32. The van der Waals surface area contributed by atoms with Gasteiger partial charge < -0.3 is 25.3 Å². The average molecular weight is 559 g/mol. The Morgan fingerprint density at radius 1 is 1.10 bits per heavy atom. The molecule has 40 heavy (non-hydrogen) atoms. The minimum atomic E-state index is -0.285. The molecule has 1 atom stereocenters. The molecule has 1 unspecified atom stereocenters. The molecule has 2 aromatic heterocycles. The second-order valence-electron chi connectivity index (χ2n) is 9.72. The van der Waals surface area contributed by atoms with Gasteiger partial charge in [0.2, 0.25) is 0 Å². The molecule has 0 saturated carbocycles. The Balaban J connectivity index is 1.10. The highest BCUT2D eigenvalue weighted by Gasteiger charge is 2.21. The molecule has 1 aliphatic heterocycles. The van der Waals surface area contributed by atoms with Crippen LogP contribution >= 0.6 is 11.8 Å². The van der Waals surface area contributed by atoms with Gasteiger partial charge in [-0.25, -0.2) is 14.8 Å². The maximum absolute atomic E-state index is 12.2. The zero-order chi connectivity index (χ0) is 27.7. The highest BCUT2D eigenvalue weighted by Crippen LogP contribution is 2.27. The third-order valence-electron chi connectivity index (χ3n) is 6.28. The molecule has 0 radical (unpaired) electrons. The third-order valence-corrected chi connectivity index (χ3v) is 7.45. The smallest absolute Gasteiger partial charge is 0.325 e. The van der Waals surface area contributed by atoms with E-state index in [1.165, 1.54) is 0 Å². The summed E-state index contributed by atoms with van der Waals surface area (Å²) in [4.78, 5) is 31.5. The van der Waals surface area contributed by atoms with Crippen molar-refractivity contribution in [1.29, 1.82) is 0 Å². The number of anilines is 2. The average Bonchev–Trinajstić information content (AvgIpc) is 3.59. The van der Waals surface area contributed by atoms with Gasteiger partial charge >= 0.3 is 6.03 Å². The number of nitrogens with one attached hydrogen (secondary N) is 4. The van der Waals surface area contributed by atoms with Crippen molar-refractivity contribution in [3.63, 3.8) is 0 Å². The molecule has 0 spiro atoms. The summed E-state index contributed by atoms with van der Waals surface area (Å²) in [6.07, 6.45) is 3.64. The lowest BCUT2D eigenvalue weighted by Gasteiger charge is -2.11. The van der Waals surface area contributed by atoms with Crippen molar-refractivity contribution in [3.05, 3.63) is 66.9 Å². The lowest BCUT2D eigenvalue weighted by atomic mass is 10.2. The first kappa shape index (κ1) is 27.5. The number of hydrogen-bond acceptors (Lipinski definition) is 8. The molecule has 0 saturated heterocycles. The van der Waals surface area contributed by atoms with Crippen LogP contribution in [0.3, 0.4) is 0 Å². The Kier molecular flexibility index (Phi) is 9.15. The molecule has 2 aromatic carbocycles. The van der Waals surface area contributed by atoms with Crippen LogP contribution in [0.25, 0.3) is 22.6 Å². The number of amidine groups is 1. The molecule has 4 aromatic rings. The summed E-state index contributed by atoms with van der Waals surface area (Å²) in [6, 6.07) is 19.0. The number of nitrogens with zero attached hydrogens (tertiary/aromatic N) is 4. The van der Waals surface area contributed by atoms with Crippen LogP contribution in [0, 0.1) is 0 Å². The van der Waals surface area contributed by atoms with Crippen LogP contribution in [-0.2, 0) is 0 Å². The molecular weight excluding hydrogens is 524 g/mol. The van der Waals surface area contributed by atoms with Gasteiger partial charge in [0, 0.05) is 35.8 Å². The van der Waals surface area contributed by atoms with Crippen LogP contribution in [0.2, 0.25) is 0 Å². The van der Waals surface area contributed by atoms with Gasteiger partial charge in [0.1, 0.15) is 17.1 Å². The molecule has 10 nitrogen and oxygen atoms in total. The second-order valence-corrected chi connectivity index (χ2v) is 11.0. The number of aromatic amines is 1. The number of carbonyl (C=O) groups excluding carboxylic acids is 1. The van der Waals surface area contributed by atoms with E-state index < -0.39 is 0 Å². The first-order valence-corrected chi connectivity index (χ1v) is 14.2. The second kappa shape index (κ2) is 13.3. The fourth-order valence-corrected chi connectivity index (χ4v) is 5.26. The Morgan fingerprint density at radius 3 is 2.73 bits per heavy atom. The van der Waals surface area contributed by atoms with Gasteiger partial charge in [0.25, 0.3) is 0 Å². The number of pyridine rings is 1. The van der Waals surface area contributed by atoms with Crippen LogP contribution in [0.5, 0.6) is 5.75 Å². The van der Waals surface area contributed by atoms with Crippen molar-refractivity contribution in [2.24, 2.45) is 4.99 Å². The van der Waals surface area contributed by atoms with Crippen LogP contribution in [-0.4, -0.2) is 76.6 Å². The number of H-pyrrole nitrogens is 1.